The summed E-state index contributed by atoms with van der Waals surface area (Å²) in [5.74, 6) is -1.57. The van der Waals surface area contributed by atoms with Crippen LogP contribution in [0, 0.1) is 0 Å². The molecule has 0 N–H and O–H groups in total. The largest absolute Gasteiger partial charge is 0.209 e. The molecule has 8 heavy (non-hydrogen) atoms. The van der Waals surface area contributed by atoms with Gasteiger partial charge in [0.25, 0.3) is 0 Å². The van der Waals surface area contributed by atoms with E-state index in [1.165, 1.54) is 6.08 Å². The van der Waals surface area contributed by atoms with Crippen LogP contribution < -0.4 is 0 Å². The van der Waals surface area contributed by atoms with E-state index in [4.69, 9.17) is 0 Å². The summed E-state index contributed by atoms with van der Waals surface area (Å²) in [6, 6.07) is 0. The third-order valence-corrected chi connectivity index (χ3v) is 0.642. The van der Waals surface area contributed by atoms with Gasteiger partial charge in [0.15, 0.2) is 5.83 Å². The molecule has 0 heterocycles. The minimum atomic E-state index is -0.799. The lowest BCUT2D eigenvalue weighted by Crippen LogP contribution is -1.66. The average molecular weight is 118 g/mol. The van der Waals surface area contributed by atoms with Gasteiger partial charge in [0.1, 0.15) is 5.83 Å². The molecule has 0 aliphatic heterocycles. The van der Waals surface area contributed by atoms with Crippen LogP contribution in [0.5, 0.6) is 0 Å². The van der Waals surface area contributed by atoms with Gasteiger partial charge in [0, 0.05) is 0 Å². The quantitative estimate of drug-likeness (QED) is 0.464. The summed E-state index contributed by atoms with van der Waals surface area (Å²) in [4.78, 5) is 0. The second kappa shape index (κ2) is 3.36. The fraction of sp³-hybridized carbons (Fsp3) is 0.333. The van der Waals surface area contributed by atoms with Crippen LogP contribution in [0.2, 0.25) is 0 Å². The Balaban J connectivity index is 4.00. The van der Waals surface area contributed by atoms with E-state index in [-0.39, 0.29) is 0 Å². The normalized spacial score (nSPS) is 14.5. The molecule has 0 aromatic rings. The first kappa shape index (κ1) is 7.34. The molecule has 0 rings (SSSR count). The summed E-state index contributed by atoms with van der Waals surface area (Å²) in [5, 5.41) is 0. The lowest BCUT2D eigenvalue weighted by Gasteiger charge is -1.82. The maximum atomic E-state index is 11.9. The molecule has 0 saturated heterocycles. The van der Waals surface area contributed by atoms with E-state index in [0.717, 1.165) is 13.0 Å². The number of hydrogen-bond acceptors (Lipinski definition) is 0. The summed E-state index contributed by atoms with van der Waals surface area (Å²) >= 11 is 0. The van der Waals surface area contributed by atoms with Crippen LogP contribution >= 0.6 is 0 Å². The summed E-state index contributed by atoms with van der Waals surface area (Å²) in [7, 11) is 0. The lowest BCUT2D eigenvalue weighted by molar-refractivity contribution is 0.555. The van der Waals surface area contributed by atoms with E-state index in [9.17, 15) is 8.78 Å². The molecule has 0 bridgehead atoms. The van der Waals surface area contributed by atoms with E-state index >= 15 is 0 Å². The van der Waals surface area contributed by atoms with Crippen molar-refractivity contribution in [3.63, 3.8) is 0 Å². The predicted molar refractivity (Wildman–Crippen MR) is 29.7 cm³/mol. The smallest absolute Gasteiger partial charge is 0.153 e. The van der Waals surface area contributed by atoms with Crippen molar-refractivity contribution in [3.8, 4) is 0 Å². The number of hydrogen-bond donors (Lipinski definition) is 0. The fourth-order valence-corrected chi connectivity index (χ4v) is 0.261. The third-order valence-electron chi connectivity index (χ3n) is 0.642. The second-order valence-electron chi connectivity index (χ2n) is 1.38. The summed E-state index contributed by atoms with van der Waals surface area (Å²) in [6.45, 7) is 2.71. The topological polar surface area (TPSA) is 0 Å². The maximum Gasteiger partial charge on any atom is 0.153 e. The molecule has 0 nitrogen and oxygen atoms in total. The van der Waals surface area contributed by atoms with Gasteiger partial charge in [0.2, 0.25) is 0 Å². The maximum absolute atomic E-state index is 11.9. The Hall–Kier alpha value is -0.660. The highest BCUT2D eigenvalue weighted by atomic mass is 19.2. The van der Waals surface area contributed by atoms with Crippen LogP contribution in [0.25, 0.3) is 0 Å². The first-order chi connectivity index (χ1) is 3.68. The first-order valence-electron chi connectivity index (χ1n) is 2.33. The Morgan fingerprint density at radius 1 is 1.38 bits per heavy atom. The molecule has 0 amide bonds. The molecule has 0 unspecified atom stereocenters. The molecule has 0 aromatic heterocycles. The molecule has 0 spiro atoms. The minimum Gasteiger partial charge on any atom is -0.209 e. The SMILES string of the molecule is C/C=C/C(F)=C(\C)F. The third kappa shape index (κ3) is 2.50. The van der Waals surface area contributed by atoms with Crippen molar-refractivity contribution in [2.45, 2.75) is 13.8 Å². The van der Waals surface area contributed by atoms with Crippen LogP contribution in [0.3, 0.4) is 0 Å². The van der Waals surface area contributed by atoms with Crippen molar-refractivity contribution in [1.82, 2.24) is 0 Å². The highest BCUT2D eigenvalue weighted by Gasteiger charge is 1.91. The highest BCUT2D eigenvalue weighted by molar-refractivity contribution is 5.12. The van der Waals surface area contributed by atoms with Gasteiger partial charge < -0.3 is 0 Å². The van der Waals surface area contributed by atoms with Gasteiger partial charge >= 0.3 is 0 Å². The van der Waals surface area contributed by atoms with Gasteiger partial charge in [0.05, 0.1) is 0 Å². The van der Waals surface area contributed by atoms with Crippen molar-refractivity contribution in [1.29, 1.82) is 0 Å². The second-order valence-corrected chi connectivity index (χ2v) is 1.38. The van der Waals surface area contributed by atoms with Gasteiger partial charge in [-0.05, 0) is 19.9 Å². The highest BCUT2D eigenvalue weighted by Crippen LogP contribution is 2.06. The summed E-state index contributed by atoms with van der Waals surface area (Å²) in [6.07, 6.45) is 2.52. The van der Waals surface area contributed by atoms with Crippen LogP contribution in [0.4, 0.5) is 8.78 Å². The fourth-order valence-electron chi connectivity index (χ4n) is 0.261. The predicted octanol–water partition coefficient (Wildman–Crippen LogP) is 2.73. The van der Waals surface area contributed by atoms with Crippen molar-refractivity contribution < 1.29 is 8.78 Å². The van der Waals surface area contributed by atoms with Crippen molar-refractivity contribution in [3.05, 3.63) is 23.8 Å². The zero-order valence-electron chi connectivity index (χ0n) is 4.91. The Bertz CT molecular complexity index is 118. The standard InChI is InChI=1S/C6H8F2/c1-3-4-6(8)5(2)7/h3-4H,1-2H3/b4-3+,6-5-. The van der Waals surface area contributed by atoms with E-state index in [0.29, 0.717) is 0 Å². The van der Waals surface area contributed by atoms with Crippen molar-refractivity contribution >= 4 is 0 Å². The molecular weight excluding hydrogens is 110 g/mol. The van der Waals surface area contributed by atoms with Crippen molar-refractivity contribution in [2.24, 2.45) is 0 Å². The molecular formula is C6H8F2. The molecule has 0 radical (unpaired) electrons. The van der Waals surface area contributed by atoms with E-state index in [2.05, 4.69) is 0 Å². The summed E-state index contributed by atoms with van der Waals surface area (Å²) < 4.78 is 23.7. The molecule has 0 fully saturated rings. The molecule has 0 aliphatic rings. The Kier molecular flexibility index (Phi) is 3.08. The minimum absolute atomic E-state index is 0.775. The van der Waals surface area contributed by atoms with Gasteiger partial charge in [-0.1, -0.05) is 6.08 Å². The Morgan fingerprint density at radius 3 is 2.00 bits per heavy atom. The molecule has 2 heteroatoms. The van der Waals surface area contributed by atoms with Gasteiger partial charge in [-0.25, -0.2) is 8.78 Å². The molecule has 0 saturated carbocycles. The van der Waals surface area contributed by atoms with Gasteiger partial charge in [-0.3, -0.25) is 0 Å². The van der Waals surface area contributed by atoms with Crippen molar-refractivity contribution in [2.75, 3.05) is 0 Å². The van der Waals surface area contributed by atoms with E-state index < -0.39 is 11.7 Å². The average Bonchev–Trinajstić information content (AvgIpc) is 1.67. The van der Waals surface area contributed by atoms with Gasteiger partial charge in [-0.15, -0.1) is 0 Å². The molecule has 46 valence electrons. The first-order valence-corrected chi connectivity index (χ1v) is 2.33. The number of rotatable bonds is 1. The lowest BCUT2D eigenvalue weighted by atomic mass is 10.4. The van der Waals surface area contributed by atoms with Crippen LogP contribution in [0.1, 0.15) is 13.8 Å². The number of allylic oxidation sites excluding steroid dienone is 4. The van der Waals surface area contributed by atoms with Crippen LogP contribution in [-0.4, -0.2) is 0 Å². The van der Waals surface area contributed by atoms with E-state index in [1.807, 2.05) is 0 Å². The van der Waals surface area contributed by atoms with E-state index in [1.54, 1.807) is 6.92 Å². The van der Waals surface area contributed by atoms with Gasteiger partial charge in [-0.2, -0.15) is 0 Å². The summed E-state index contributed by atoms with van der Waals surface area (Å²) in [5.41, 5.74) is 0. The zero-order valence-corrected chi connectivity index (χ0v) is 4.91. The molecule has 0 aliphatic carbocycles. The van der Waals surface area contributed by atoms with Crippen LogP contribution in [-0.2, 0) is 0 Å². The monoisotopic (exact) mass is 118 g/mol. The Morgan fingerprint density at radius 2 is 1.88 bits per heavy atom. The molecule has 0 atom stereocenters. The molecule has 0 aromatic carbocycles. The van der Waals surface area contributed by atoms with Crippen LogP contribution in [0.15, 0.2) is 23.8 Å². The number of halogens is 2. The Labute approximate surface area is 47.5 Å². The zero-order chi connectivity index (χ0) is 6.57.